The second-order valence-electron chi connectivity index (χ2n) is 4.26. The van der Waals surface area contributed by atoms with Gasteiger partial charge in [-0.1, -0.05) is 25.1 Å². The molecule has 0 aliphatic carbocycles. The van der Waals surface area contributed by atoms with Crippen LogP contribution in [-0.4, -0.2) is 16.7 Å². The van der Waals surface area contributed by atoms with E-state index < -0.39 is 16.2 Å². The third kappa shape index (κ3) is 1.66. The van der Waals surface area contributed by atoms with Crippen LogP contribution in [0, 0.1) is 10.1 Å². The Labute approximate surface area is 103 Å². The first kappa shape index (κ1) is 12.2. The maximum Gasteiger partial charge on any atom is 0.273 e. The van der Waals surface area contributed by atoms with E-state index in [1.54, 1.807) is 25.1 Å². The Balaban J connectivity index is 2.62. The lowest BCUT2D eigenvalue weighted by molar-refractivity contribution is -0.386. The van der Waals surface area contributed by atoms with E-state index in [-0.39, 0.29) is 18.0 Å². The zero-order valence-electron chi connectivity index (χ0n) is 9.80. The molecular formula is C12H12N2O4. The van der Waals surface area contributed by atoms with Crippen molar-refractivity contribution in [2.75, 3.05) is 0 Å². The molecule has 1 atom stereocenters. The van der Waals surface area contributed by atoms with Crippen molar-refractivity contribution in [3.8, 4) is 0 Å². The highest BCUT2D eigenvalue weighted by Gasteiger charge is 2.49. The minimum Gasteiger partial charge on any atom is -0.296 e. The first-order valence-electron chi connectivity index (χ1n) is 5.59. The van der Waals surface area contributed by atoms with Gasteiger partial charge in [-0.25, -0.2) is 0 Å². The number of nitrogens with one attached hydrogen (secondary N) is 1. The first-order chi connectivity index (χ1) is 8.51. The van der Waals surface area contributed by atoms with Crippen LogP contribution in [-0.2, 0) is 15.0 Å². The highest BCUT2D eigenvalue weighted by atomic mass is 16.6. The largest absolute Gasteiger partial charge is 0.296 e. The SMILES string of the molecule is CCC1(c2ccccc2[N+](=O)[O-])CC(=O)NC1=O. The van der Waals surface area contributed by atoms with Gasteiger partial charge in [-0.15, -0.1) is 0 Å². The van der Waals surface area contributed by atoms with Crippen molar-refractivity contribution in [1.82, 2.24) is 5.32 Å². The number of nitro benzene ring substituents is 1. The van der Waals surface area contributed by atoms with Crippen molar-refractivity contribution in [3.63, 3.8) is 0 Å². The number of rotatable bonds is 3. The van der Waals surface area contributed by atoms with E-state index >= 15 is 0 Å². The molecule has 1 aliphatic rings. The average Bonchev–Trinajstić information content (AvgIpc) is 2.64. The number of amides is 2. The molecule has 1 saturated heterocycles. The molecule has 18 heavy (non-hydrogen) atoms. The summed E-state index contributed by atoms with van der Waals surface area (Å²) in [6.45, 7) is 1.74. The number of carbonyl (C=O) groups excluding carboxylic acids is 2. The van der Waals surface area contributed by atoms with Gasteiger partial charge in [0, 0.05) is 18.1 Å². The highest BCUT2D eigenvalue weighted by Crippen LogP contribution is 2.40. The van der Waals surface area contributed by atoms with Crippen molar-refractivity contribution < 1.29 is 14.5 Å². The number of hydrogen-bond donors (Lipinski definition) is 1. The molecule has 1 aromatic rings. The number of para-hydroxylation sites is 1. The molecule has 1 aromatic carbocycles. The van der Waals surface area contributed by atoms with E-state index in [4.69, 9.17) is 0 Å². The van der Waals surface area contributed by atoms with Crippen molar-refractivity contribution in [3.05, 3.63) is 39.9 Å². The summed E-state index contributed by atoms with van der Waals surface area (Å²) >= 11 is 0. The van der Waals surface area contributed by atoms with Gasteiger partial charge >= 0.3 is 0 Å². The number of carbonyl (C=O) groups is 2. The van der Waals surface area contributed by atoms with Crippen LogP contribution >= 0.6 is 0 Å². The molecule has 1 fully saturated rings. The molecule has 2 amide bonds. The van der Waals surface area contributed by atoms with Gasteiger partial charge < -0.3 is 0 Å². The van der Waals surface area contributed by atoms with E-state index in [0.29, 0.717) is 12.0 Å². The van der Waals surface area contributed by atoms with Crippen LogP contribution in [0.1, 0.15) is 25.3 Å². The lowest BCUT2D eigenvalue weighted by atomic mass is 9.76. The number of benzene rings is 1. The molecule has 94 valence electrons. The highest BCUT2D eigenvalue weighted by molar-refractivity contribution is 6.09. The van der Waals surface area contributed by atoms with Crippen LogP contribution in [0.2, 0.25) is 0 Å². The minimum atomic E-state index is -1.11. The fraction of sp³-hybridized carbons (Fsp3) is 0.333. The standard InChI is InChI=1S/C12H12N2O4/c1-2-12(7-10(15)13-11(12)16)8-5-3-4-6-9(8)14(17)18/h3-6H,2,7H2,1H3,(H,13,15,16). The van der Waals surface area contributed by atoms with E-state index in [1.165, 1.54) is 6.07 Å². The molecule has 2 rings (SSSR count). The lowest BCUT2D eigenvalue weighted by Gasteiger charge is -2.23. The fourth-order valence-electron chi connectivity index (χ4n) is 2.38. The Bertz CT molecular complexity index is 541. The van der Waals surface area contributed by atoms with Crippen LogP contribution in [0.4, 0.5) is 5.69 Å². The number of hydrogen-bond acceptors (Lipinski definition) is 4. The predicted molar refractivity (Wildman–Crippen MR) is 62.8 cm³/mol. The Hall–Kier alpha value is -2.24. The first-order valence-corrected chi connectivity index (χ1v) is 5.59. The van der Waals surface area contributed by atoms with Gasteiger partial charge in [0.2, 0.25) is 11.8 Å². The predicted octanol–water partition coefficient (Wildman–Crippen LogP) is 1.29. The molecule has 0 spiro atoms. The van der Waals surface area contributed by atoms with Crippen LogP contribution < -0.4 is 5.32 Å². The molecule has 0 radical (unpaired) electrons. The van der Waals surface area contributed by atoms with Gasteiger partial charge in [-0.3, -0.25) is 25.0 Å². The molecular weight excluding hydrogens is 236 g/mol. The second kappa shape index (κ2) is 4.21. The minimum absolute atomic E-state index is 0.0345. The molecule has 0 saturated carbocycles. The molecule has 6 nitrogen and oxygen atoms in total. The van der Waals surface area contributed by atoms with Gasteiger partial charge in [0.1, 0.15) is 0 Å². The quantitative estimate of drug-likeness (QED) is 0.496. The van der Waals surface area contributed by atoms with Crippen LogP contribution in [0.25, 0.3) is 0 Å². The van der Waals surface area contributed by atoms with Gasteiger partial charge in [0.15, 0.2) is 0 Å². The molecule has 1 N–H and O–H groups in total. The summed E-state index contributed by atoms with van der Waals surface area (Å²) in [6, 6.07) is 6.07. The van der Waals surface area contributed by atoms with E-state index in [0.717, 1.165) is 0 Å². The van der Waals surface area contributed by atoms with Crippen molar-refractivity contribution >= 4 is 17.5 Å². The number of imide groups is 1. The summed E-state index contributed by atoms with van der Waals surface area (Å²) in [5.74, 6) is -0.843. The summed E-state index contributed by atoms with van der Waals surface area (Å²) in [5, 5.41) is 13.2. The summed E-state index contributed by atoms with van der Waals surface area (Å²) in [7, 11) is 0. The maximum atomic E-state index is 12.0. The Morgan fingerprint density at radius 1 is 1.39 bits per heavy atom. The van der Waals surface area contributed by atoms with Gasteiger partial charge in [0.05, 0.1) is 10.3 Å². The summed E-state index contributed by atoms with van der Waals surface area (Å²) < 4.78 is 0. The summed E-state index contributed by atoms with van der Waals surface area (Å²) in [6.07, 6.45) is 0.308. The fourth-order valence-corrected chi connectivity index (χ4v) is 2.38. The molecule has 0 aromatic heterocycles. The van der Waals surface area contributed by atoms with Gasteiger partial charge in [-0.05, 0) is 6.42 Å². The Morgan fingerprint density at radius 2 is 2.06 bits per heavy atom. The monoisotopic (exact) mass is 248 g/mol. The number of nitro groups is 1. The topological polar surface area (TPSA) is 89.3 Å². The van der Waals surface area contributed by atoms with Crippen LogP contribution in [0.15, 0.2) is 24.3 Å². The third-order valence-corrected chi connectivity index (χ3v) is 3.37. The summed E-state index contributed by atoms with van der Waals surface area (Å²) in [5.41, 5.74) is -0.925. The third-order valence-electron chi connectivity index (χ3n) is 3.37. The zero-order chi connectivity index (χ0) is 13.3. The Kier molecular flexibility index (Phi) is 2.86. The van der Waals surface area contributed by atoms with Crippen molar-refractivity contribution in [2.45, 2.75) is 25.2 Å². The molecule has 6 heteroatoms. The Morgan fingerprint density at radius 3 is 2.56 bits per heavy atom. The maximum absolute atomic E-state index is 12.0. The van der Waals surface area contributed by atoms with E-state index in [2.05, 4.69) is 5.32 Å². The van der Waals surface area contributed by atoms with Crippen molar-refractivity contribution in [1.29, 1.82) is 0 Å². The molecule has 0 bridgehead atoms. The second-order valence-corrected chi connectivity index (χ2v) is 4.26. The normalized spacial score (nSPS) is 22.9. The molecule has 1 unspecified atom stereocenters. The molecule has 1 aliphatic heterocycles. The lowest BCUT2D eigenvalue weighted by Crippen LogP contribution is -2.35. The summed E-state index contributed by atoms with van der Waals surface area (Å²) in [4.78, 5) is 33.8. The van der Waals surface area contributed by atoms with E-state index in [1.807, 2.05) is 0 Å². The van der Waals surface area contributed by atoms with Gasteiger partial charge in [-0.2, -0.15) is 0 Å². The van der Waals surface area contributed by atoms with Gasteiger partial charge in [0.25, 0.3) is 5.69 Å². The smallest absolute Gasteiger partial charge is 0.273 e. The zero-order valence-corrected chi connectivity index (χ0v) is 9.80. The molecule has 1 heterocycles. The number of nitrogens with zero attached hydrogens (tertiary/aromatic N) is 1. The van der Waals surface area contributed by atoms with E-state index in [9.17, 15) is 19.7 Å². The van der Waals surface area contributed by atoms with Crippen LogP contribution in [0.3, 0.4) is 0 Å². The average molecular weight is 248 g/mol. The van der Waals surface area contributed by atoms with Crippen LogP contribution in [0.5, 0.6) is 0 Å². The van der Waals surface area contributed by atoms with Crippen molar-refractivity contribution in [2.24, 2.45) is 0 Å².